The molecule has 0 saturated heterocycles. The van der Waals surface area contributed by atoms with Gasteiger partial charge in [0.15, 0.2) is 11.5 Å². The Morgan fingerprint density at radius 2 is 1.52 bits per heavy atom. The Hall–Kier alpha value is -1.95. The summed E-state index contributed by atoms with van der Waals surface area (Å²) < 4.78 is 15.5. The Morgan fingerprint density at radius 3 is 1.90 bits per heavy atom. The fourth-order valence-electron chi connectivity index (χ4n) is 1.46. The summed E-state index contributed by atoms with van der Waals surface area (Å²) in [6.45, 7) is 7.18. The Bertz CT molecular complexity index is 464. The number of hydrogen-bond acceptors (Lipinski definition) is 6. The molecule has 0 unspecified atom stereocenters. The molecule has 0 atom stereocenters. The molecule has 0 spiro atoms. The van der Waals surface area contributed by atoms with Crippen LogP contribution in [-0.2, 0) is 9.78 Å². The van der Waals surface area contributed by atoms with Crippen molar-refractivity contribution >= 4 is 5.97 Å². The SMILES string of the molecule is COc1cc(C(=O)OO[CH]C(C)(C)C)cc(OC)c1OC. The molecular formula is C15H21O6. The number of hydrogen-bond donors (Lipinski definition) is 0. The fraction of sp³-hybridized carbons (Fsp3) is 0.467. The summed E-state index contributed by atoms with van der Waals surface area (Å²) >= 11 is 0. The molecule has 0 aliphatic heterocycles. The van der Waals surface area contributed by atoms with Gasteiger partial charge in [-0.25, -0.2) is 4.79 Å². The third kappa shape index (κ3) is 4.82. The molecule has 117 valence electrons. The summed E-state index contributed by atoms with van der Waals surface area (Å²) in [5.74, 6) is 0.473. The second-order valence-electron chi connectivity index (χ2n) is 5.36. The van der Waals surface area contributed by atoms with Crippen LogP contribution in [0.15, 0.2) is 12.1 Å². The smallest absolute Gasteiger partial charge is 0.373 e. The van der Waals surface area contributed by atoms with Gasteiger partial charge in [0.1, 0.15) is 6.61 Å². The van der Waals surface area contributed by atoms with Gasteiger partial charge in [0.05, 0.1) is 26.9 Å². The van der Waals surface area contributed by atoms with Crippen molar-refractivity contribution in [3.8, 4) is 17.2 Å². The van der Waals surface area contributed by atoms with E-state index in [-0.39, 0.29) is 11.0 Å². The van der Waals surface area contributed by atoms with E-state index in [2.05, 4.69) is 0 Å². The maximum Gasteiger partial charge on any atom is 0.373 e. The van der Waals surface area contributed by atoms with Crippen molar-refractivity contribution in [2.24, 2.45) is 5.41 Å². The van der Waals surface area contributed by atoms with E-state index >= 15 is 0 Å². The highest BCUT2D eigenvalue weighted by molar-refractivity contribution is 5.90. The van der Waals surface area contributed by atoms with E-state index < -0.39 is 5.97 Å². The molecule has 1 radical (unpaired) electrons. The summed E-state index contributed by atoms with van der Waals surface area (Å²) in [6.07, 6.45) is 0. The Kier molecular flexibility index (Phi) is 5.84. The number of methoxy groups -OCH3 is 3. The number of ether oxygens (including phenoxy) is 3. The van der Waals surface area contributed by atoms with Crippen LogP contribution in [0.4, 0.5) is 0 Å². The van der Waals surface area contributed by atoms with E-state index in [0.717, 1.165) is 0 Å². The summed E-state index contributed by atoms with van der Waals surface area (Å²) in [7, 11) is 4.42. The first kappa shape index (κ1) is 17.1. The lowest BCUT2D eigenvalue weighted by atomic mass is 9.99. The van der Waals surface area contributed by atoms with Gasteiger partial charge in [0.2, 0.25) is 5.75 Å². The molecule has 1 rings (SSSR count). The van der Waals surface area contributed by atoms with Crippen LogP contribution in [0.3, 0.4) is 0 Å². The third-order valence-corrected chi connectivity index (χ3v) is 2.43. The van der Waals surface area contributed by atoms with Crippen LogP contribution in [0.5, 0.6) is 17.2 Å². The highest BCUT2D eigenvalue weighted by Crippen LogP contribution is 2.38. The molecule has 0 fully saturated rings. The number of carbonyl (C=O) groups excluding carboxylic acids is 1. The predicted octanol–water partition coefficient (Wildman–Crippen LogP) is 3.01. The lowest BCUT2D eigenvalue weighted by Gasteiger charge is -2.16. The van der Waals surface area contributed by atoms with Gasteiger partial charge in [-0.1, -0.05) is 20.8 Å². The molecule has 6 nitrogen and oxygen atoms in total. The van der Waals surface area contributed by atoms with Gasteiger partial charge in [-0.05, 0) is 17.5 Å². The Morgan fingerprint density at radius 1 is 1.00 bits per heavy atom. The van der Waals surface area contributed by atoms with Crippen LogP contribution >= 0.6 is 0 Å². The largest absolute Gasteiger partial charge is 0.493 e. The Balaban J connectivity index is 2.89. The summed E-state index contributed by atoms with van der Waals surface area (Å²) in [6, 6.07) is 2.98. The minimum Gasteiger partial charge on any atom is -0.493 e. The fourth-order valence-corrected chi connectivity index (χ4v) is 1.46. The van der Waals surface area contributed by atoms with Crippen LogP contribution in [0.2, 0.25) is 0 Å². The maximum atomic E-state index is 11.9. The van der Waals surface area contributed by atoms with Crippen molar-refractivity contribution in [1.29, 1.82) is 0 Å². The van der Waals surface area contributed by atoms with Gasteiger partial charge in [-0.15, -0.1) is 0 Å². The van der Waals surface area contributed by atoms with Crippen molar-refractivity contribution in [2.75, 3.05) is 21.3 Å². The second kappa shape index (κ2) is 7.17. The molecule has 0 aliphatic rings. The molecular weight excluding hydrogens is 276 g/mol. The molecule has 0 aromatic heterocycles. The standard InChI is InChI=1S/C15H21O6/c1-15(2,3)9-20-21-14(16)10-7-11(17-4)13(19-6)12(8-10)18-5/h7-9H,1-6H3. The normalized spacial score (nSPS) is 11.0. The van der Waals surface area contributed by atoms with Gasteiger partial charge in [0, 0.05) is 0 Å². The molecule has 6 heteroatoms. The zero-order valence-corrected chi connectivity index (χ0v) is 13.2. The van der Waals surface area contributed by atoms with E-state index in [9.17, 15) is 4.79 Å². The quantitative estimate of drug-likeness (QED) is 0.594. The number of benzene rings is 1. The Labute approximate surface area is 124 Å². The van der Waals surface area contributed by atoms with Gasteiger partial charge in [-0.3, -0.25) is 4.89 Å². The molecule has 0 N–H and O–H groups in total. The highest BCUT2D eigenvalue weighted by Gasteiger charge is 2.19. The average Bonchev–Trinajstić information content (AvgIpc) is 2.43. The van der Waals surface area contributed by atoms with E-state index in [0.29, 0.717) is 17.2 Å². The van der Waals surface area contributed by atoms with Crippen molar-refractivity contribution in [3.05, 3.63) is 24.3 Å². The molecule has 0 amide bonds. The monoisotopic (exact) mass is 297 g/mol. The zero-order chi connectivity index (χ0) is 16.0. The summed E-state index contributed by atoms with van der Waals surface area (Å²) in [5, 5.41) is 0. The first-order valence-electron chi connectivity index (χ1n) is 6.34. The first-order chi connectivity index (χ1) is 9.82. The first-order valence-corrected chi connectivity index (χ1v) is 6.34. The minimum absolute atomic E-state index is 0.227. The summed E-state index contributed by atoms with van der Waals surface area (Å²) in [5.41, 5.74) is 0.00191. The van der Waals surface area contributed by atoms with Gasteiger partial charge in [0.25, 0.3) is 0 Å². The van der Waals surface area contributed by atoms with E-state index in [1.807, 2.05) is 20.8 Å². The van der Waals surface area contributed by atoms with Crippen molar-refractivity contribution in [1.82, 2.24) is 0 Å². The molecule has 21 heavy (non-hydrogen) atoms. The zero-order valence-electron chi connectivity index (χ0n) is 13.2. The van der Waals surface area contributed by atoms with Gasteiger partial charge in [-0.2, -0.15) is 4.89 Å². The highest BCUT2D eigenvalue weighted by atomic mass is 17.2. The topological polar surface area (TPSA) is 63.2 Å². The van der Waals surface area contributed by atoms with E-state index in [1.165, 1.54) is 40.1 Å². The number of carbonyl (C=O) groups is 1. The van der Waals surface area contributed by atoms with Crippen LogP contribution < -0.4 is 14.2 Å². The molecule has 1 aromatic carbocycles. The van der Waals surface area contributed by atoms with E-state index in [4.69, 9.17) is 24.0 Å². The van der Waals surface area contributed by atoms with Gasteiger partial charge < -0.3 is 14.2 Å². The van der Waals surface area contributed by atoms with Crippen molar-refractivity contribution in [2.45, 2.75) is 20.8 Å². The second-order valence-corrected chi connectivity index (χ2v) is 5.36. The molecule has 0 bridgehead atoms. The summed E-state index contributed by atoms with van der Waals surface area (Å²) in [4.78, 5) is 21.5. The van der Waals surface area contributed by atoms with Crippen molar-refractivity contribution < 1.29 is 28.8 Å². The minimum atomic E-state index is -0.658. The van der Waals surface area contributed by atoms with Crippen LogP contribution in [0.1, 0.15) is 31.1 Å². The van der Waals surface area contributed by atoms with E-state index in [1.54, 1.807) is 0 Å². The number of rotatable bonds is 6. The van der Waals surface area contributed by atoms with Crippen LogP contribution in [-0.4, -0.2) is 27.3 Å². The van der Waals surface area contributed by atoms with Crippen LogP contribution in [0, 0.1) is 12.0 Å². The molecule has 1 aromatic rings. The lowest BCUT2D eigenvalue weighted by molar-refractivity contribution is -0.224. The lowest BCUT2D eigenvalue weighted by Crippen LogP contribution is -2.12. The average molecular weight is 297 g/mol. The molecule has 0 saturated carbocycles. The van der Waals surface area contributed by atoms with Crippen LogP contribution in [0.25, 0.3) is 0 Å². The maximum absolute atomic E-state index is 11.9. The molecule has 0 heterocycles. The molecule has 0 aliphatic carbocycles. The third-order valence-electron chi connectivity index (χ3n) is 2.43. The van der Waals surface area contributed by atoms with Gasteiger partial charge >= 0.3 is 5.97 Å². The predicted molar refractivity (Wildman–Crippen MR) is 76.4 cm³/mol. The van der Waals surface area contributed by atoms with Crippen molar-refractivity contribution in [3.63, 3.8) is 0 Å².